The molecule has 1 aromatic carbocycles. The van der Waals surface area contributed by atoms with Crippen LogP contribution in [0.1, 0.15) is 42.4 Å². The quantitative estimate of drug-likeness (QED) is 0.714. The highest BCUT2D eigenvalue weighted by Crippen LogP contribution is 2.30. The van der Waals surface area contributed by atoms with Gasteiger partial charge in [-0.3, -0.25) is 4.79 Å². The highest BCUT2D eigenvalue weighted by Gasteiger charge is 2.17. The lowest BCUT2D eigenvalue weighted by Crippen LogP contribution is -2.14. The molecule has 0 bridgehead atoms. The summed E-state index contributed by atoms with van der Waals surface area (Å²) >= 11 is 1.39. The van der Waals surface area contributed by atoms with Gasteiger partial charge in [-0.15, -0.1) is 11.3 Å². The predicted molar refractivity (Wildman–Crippen MR) is 79.5 cm³/mol. The lowest BCUT2D eigenvalue weighted by Gasteiger charge is -2.23. The molecular formula is C16H18O2S. The fourth-order valence-electron chi connectivity index (χ4n) is 1.76. The van der Waals surface area contributed by atoms with Crippen LogP contribution in [0.15, 0.2) is 35.7 Å². The van der Waals surface area contributed by atoms with Crippen LogP contribution in [0, 0.1) is 0 Å². The molecule has 0 atom stereocenters. The molecule has 2 aromatic rings. The average molecular weight is 274 g/mol. The lowest BCUT2D eigenvalue weighted by atomic mass is 9.82. The Kier molecular flexibility index (Phi) is 4.05. The molecule has 0 unspecified atom stereocenters. The van der Waals surface area contributed by atoms with E-state index in [1.807, 2.05) is 17.5 Å². The number of carbonyl (C=O) groups excluding carboxylic acids is 1. The summed E-state index contributed by atoms with van der Waals surface area (Å²) in [5.41, 5.74) is 1.49. The second-order valence-corrected chi connectivity index (χ2v) is 6.11. The summed E-state index contributed by atoms with van der Waals surface area (Å²) in [5, 5.41) is 1.84. The first-order valence-electron chi connectivity index (χ1n) is 6.37. The standard InChI is InChI=1S/C16H18O2S/c1-4-16(2,3)12-5-7-13(8-6-12)18-14-9-15(10-17)19-11-14/h5-11H,4H2,1-3H3. The molecule has 1 heterocycles. The molecule has 0 saturated heterocycles. The Hall–Kier alpha value is -1.61. The van der Waals surface area contributed by atoms with Gasteiger partial charge in [-0.05, 0) is 29.5 Å². The molecule has 0 fully saturated rings. The second kappa shape index (κ2) is 5.57. The summed E-state index contributed by atoms with van der Waals surface area (Å²) in [7, 11) is 0. The molecule has 2 rings (SSSR count). The topological polar surface area (TPSA) is 26.3 Å². The van der Waals surface area contributed by atoms with Gasteiger partial charge >= 0.3 is 0 Å². The fourth-order valence-corrected chi connectivity index (χ4v) is 2.37. The summed E-state index contributed by atoms with van der Waals surface area (Å²) in [6.07, 6.45) is 1.94. The van der Waals surface area contributed by atoms with Crippen LogP contribution in [0.2, 0.25) is 0 Å². The molecule has 0 N–H and O–H groups in total. The SMILES string of the molecule is CCC(C)(C)c1ccc(Oc2csc(C=O)c2)cc1. The molecule has 2 nitrogen and oxygen atoms in total. The Morgan fingerprint density at radius 1 is 1.21 bits per heavy atom. The van der Waals surface area contributed by atoms with E-state index in [1.165, 1.54) is 16.9 Å². The number of aldehydes is 1. The van der Waals surface area contributed by atoms with Crippen molar-refractivity contribution in [1.29, 1.82) is 0 Å². The predicted octanol–water partition coefficient (Wildman–Crippen LogP) is 5.04. The zero-order chi connectivity index (χ0) is 13.9. The molecule has 0 aliphatic carbocycles. The van der Waals surface area contributed by atoms with Crippen LogP contribution in [-0.2, 0) is 5.41 Å². The normalized spacial score (nSPS) is 11.3. The lowest BCUT2D eigenvalue weighted by molar-refractivity contribution is 0.112. The van der Waals surface area contributed by atoms with Crippen LogP contribution in [0.25, 0.3) is 0 Å². The number of ether oxygens (including phenoxy) is 1. The number of thiophene rings is 1. The third kappa shape index (κ3) is 3.24. The average Bonchev–Trinajstić information content (AvgIpc) is 2.87. The molecule has 3 heteroatoms. The smallest absolute Gasteiger partial charge is 0.160 e. The first-order chi connectivity index (χ1) is 9.05. The van der Waals surface area contributed by atoms with Crippen LogP contribution < -0.4 is 4.74 Å². The van der Waals surface area contributed by atoms with Crippen molar-refractivity contribution in [3.05, 3.63) is 46.2 Å². The van der Waals surface area contributed by atoms with E-state index in [9.17, 15) is 4.79 Å². The van der Waals surface area contributed by atoms with Gasteiger partial charge in [0.1, 0.15) is 11.5 Å². The van der Waals surface area contributed by atoms with Crippen molar-refractivity contribution in [3.8, 4) is 11.5 Å². The molecule has 0 amide bonds. The van der Waals surface area contributed by atoms with E-state index in [2.05, 4.69) is 32.9 Å². The van der Waals surface area contributed by atoms with E-state index in [1.54, 1.807) is 6.07 Å². The number of rotatable bonds is 5. The van der Waals surface area contributed by atoms with Crippen molar-refractivity contribution in [2.24, 2.45) is 0 Å². The van der Waals surface area contributed by atoms with Gasteiger partial charge in [0.25, 0.3) is 0 Å². The minimum absolute atomic E-state index is 0.186. The first-order valence-corrected chi connectivity index (χ1v) is 7.25. The van der Waals surface area contributed by atoms with Gasteiger partial charge in [0.05, 0.1) is 4.88 Å². The molecule has 0 aliphatic rings. The second-order valence-electron chi connectivity index (χ2n) is 5.17. The number of carbonyl (C=O) groups is 1. The van der Waals surface area contributed by atoms with E-state index < -0.39 is 0 Å². The fraction of sp³-hybridized carbons (Fsp3) is 0.312. The Balaban J connectivity index is 2.12. The minimum Gasteiger partial charge on any atom is -0.456 e. The van der Waals surface area contributed by atoms with Crippen LogP contribution in [0.5, 0.6) is 11.5 Å². The van der Waals surface area contributed by atoms with E-state index in [0.29, 0.717) is 4.88 Å². The van der Waals surface area contributed by atoms with Crippen molar-refractivity contribution >= 4 is 17.6 Å². The molecule has 19 heavy (non-hydrogen) atoms. The third-order valence-electron chi connectivity index (χ3n) is 3.47. The van der Waals surface area contributed by atoms with Crippen molar-refractivity contribution < 1.29 is 9.53 Å². The highest BCUT2D eigenvalue weighted by atomic mass is 32.1. The van der Waals surface area contributed by atoms with Gasteiger partial charge in [0, 0.05) is 11.4 Å². The minimum atomic E-state index is 0.186. The van der Waals surface area contributed by atoms with Crippen molar-refractivity contribution in [3.63, 3.8) is 0 Å². The molecule has 0 aliphatic heterocycles. The zero-order valence-corrected chi connectivity index (χ0v) is 12.3. The van der Waals surface area contributed by atoms with Gasteiger partial charge < -0.3 is 4.74 Å². The Bertz CT molecular complexity index is 552. The van der Waals surface area contributed by atoms with E-state index in [-0.39, 0.29) is 5.41 Å². The molecule has 0 spiro atoms. The molecule has 100 valence electrons. The van der Waals surface area contributed by atoms with E-state index in [0.717, 1.165) is 24.2 Å². The first kappa shape index (κ1) is 13.8. The Morgan fingerprint density at radius 3 is 2.42 bits per heavy atom. The van der Waals surface area contributed by atoms with Crippen LogP contribution >= 0.6 is 11.3 Å². The van der Waals surface area contributed by atoms with Crippen LogP contribution in [0.3, 0.4) is 0 Å². The monoisotopic (exact) mass is 274 g/mol. The maximum atomic E-state index is 10.6. The number of benzene rings is 1. The summed E-state index contributed by atoms with van der Waals surface area (Å²) < 4.78 is 5.71. The van der Waals surface area contributed by atoms with Gasteiger partial charge in [0.15, 0.2) is 6.29 Å². The number of hydrogen-bond acceptors (Lipinski definition) is 3. The van der Waals surface area contributed by atoms with Crippen molar-refractivity contribution in [1.82, 2.24) is 0 Å². The molecular weight excluding hydrogens is 256 g/mol. The number of hydrogen-bond donors (Lipinski definition) is 0. The summed E-state index contributed by atoms with van der Waals surface area (Å²) in [4.78, 5) is 11.3. The van der Waals surface area contributed by atoms with Crippen molar-refractivity contribution in [2.45, 2.75) is 32.6 Å². The Labute approximate surface area is 118 Å². The van der Waals surface area contributed by atoms with Gasteiger partial charge in [-0.25, -0.2) is 0 Å². The largest absolute Gasteiger partial charge is 0.456 e. The van der Waals surface area contributed by atoms with Gasteiger partial charge in [0.2, 0.25) is 0 Å². The van der Waals surface area contributed by atoms with E-state index >= 15 is 0 Å². The molecule has 0 saturated carbocycles. The van der Waals surface area contributed by atoms with Crippen LogP contribution in [-0.4, -0.2) is 6.29 Å². The van der Waals surface area contributed by atoms with Gasteiger partial charge in [-0.1, -0.05) is 32.9 Å². The summed E-state index contributed by atoms with van der Waals surface area (Å²) in [6, 6.07) is 9.91. The highest BCUT2D eigenvalue weighted by molar-refractivity contribution is 7.11. The summed E-state index contributed by atoms with van der Waals surface area (Å²) in [6.45, 7) is 6.66. The van der Waals surface area contributed by atoms with Crippen LogP contribution in [0.4, 0.5) is 0 Å². The van der Waals surface area contributed by atoms with E-state index in [4.69, 9.17) is 4.74 Å². The molecule has 0 radical (unpaired) electrons. The van der Waals surface area contributed by atoms with Gasteiger partial charge in [-0.2, -0.15) is 0 Å². The molecule has 1 aromatic heterocycles. The third-order valence-corrected chi connectivity index (χ3v) is 4.30. The summed E-state index contributed by atoms with van der Waals surface area (Å²) in [5.74, 6) is 1.51. The Morgan fingerprint density at radius 2 is 1.89 bits per heavy atom. The maximum absolute atomic E-state index is 10.6. The zero-order valence-electron chi connectivity index (χ0n) is 11.5. The maximum Gasteiger partial charge on any atom is 0.160 e. The van der Waals surface area contributed by atoms with Crippen molar-refractivity contribution in [2.75, 3.05) is 0 Å².